The van der Waals surface area contributed by atoms with Gasteiger partial charge in [0.05, 0.1) is 48.4 Å². The zero-order valence-corrected chi connectivity index (χ0v) is 25.7. The lowest BCUT2D eigenvalue weighted by Gasteiger charge is -2.16. The average Bonchev–Trinajstić information content (AvgIpc) is 3.37. The van der Waals surface area contributed by atoms with Gasteiger partial charge in [0.1, 0.15) is 17.2 Å². The molecule has 3 aromatic carbocycles. The largest absolute Gasteiger partial charge is 0.497 e. The number of aromatic nitrogens is 1. The minimum absolute atomic E-state index is 0.0737. The number of thiazole rings is 1. The zero-order chi connectivity index (χ0) is 29.5. The lowest BCUT2D eigenvalue weighted by atomic mass is 10.1. The number of fused-ring (bicyclic) bond motifs is 1. The summed E-state index contributed by atoms with van der Waals surface area (Å²) in [5, 5.41) is 5.99. The predicted molar refractivity (Wildman–Crippen MR) is 166 cm³/mol. The van der Waals surface area contributed by atoms with Crippen molar-refractivity contribution in [1.29, 1.82) is 0 Å². The fourth-order valence-corrected chi connectivity index (χ4v) is 6.07. The van der Waals surface area contributed by atoms with E-state index in [1.807, 2.05) is 56.3 Å². The Kier molecular flexibility index (Phi) is 10.1. The summed E-state index contributed by atoms with van der Waals surface area (Å²) in [4.78, 5) is 30.4. The van der Waals surface area contributed by atoms with Gasteiger partial charge in [0.2, 0.25) is 5.91 Å². The van der Waals surface area contributed by atoms with E-state index in [0.29, 0.717) is 35.3 Å². The summed E-state index contributed by atoms with van der Waals surface area (Å²) in [6, 6.07) is 16.6. The lowest BCUT2D eigenvalue weighted by Crippen LogP contribution is -2.28. The molecule has 10 heteroatoms. The summed E-state index contributed by atoms with van der Waals surface area (Å²) in [5.74, 6) is 2.25. The van der Waals surface area contributed by atoms with Gasteiger partial charge in [-0.05, 0) is 67.8 Å². The third-order valence-corrected chi connectivity index (χ3v) is 8.48. The van der Waals surface area contributed by atoms with Gasteiger partial charge < -0.3 is 24.8 Å². The monoisotopic (exact) mass is 593 g/mol. The number of amides is 2. The van der Waals surface area contributed by atoms with Crippen molar-refractivity contribution in [2.24, 2.45) is 5.92 Å². The summed E-state index contributed by atoms with van der Waals surface area (Å²) in [6.45, 7) is 8.58. The molecule has 0 aliphatic carbocycles. The summed E-state index contributed by atoms with van der Waals surface area (Å²) in [7, 11) is 3.17. The Bertz CT molecular complexity index is 1520. The molecule has 2 amide bonds. The normalized spacial score (nSPS) is 11.8. The Labute approximate surface area is 248 Å². The number of rotatable bonds is 12. The number of thioether (sulfide) groups is 1. The molecule has 0 spiro atoms. The van der Waals surface area contributed by atoms with Crippen molar-refractivity contribution >= 4 is 50.8 Å². The first-order valence-corrected chi connectivity index (χ1v) is 15.1. The summed E-state index contributed by atoms with van der Waals surface area (Å²) < 4.78 is 18.3. The number of hydrogen-bond acceptors (Lipinski definition) is 8. The molecule has 0 bridgehead atoms. The van der Waals surface area contributed by atoms with Crippen molar-refractivity contribution in [2.45, 2.75) is 38.1 Å². The Morgan fingerprint density at radius 3 is 2.44 bits per heavy atom. The number of carbonyl (C=O) groups is 2. The highest BCUT2D eigenvalue weighted by Gasteiger charge is 2.19. The first-order valence-electron chi connectivity index (χ1n) is 13.3. The molecule has 0 fully saturated rings. The third kappa shape index (κ3) is 7.71. The van der Waals surface area contributed by atoms with Crippen LogP contribution in [0.1, 0.15) is 48.3 Å². The van der Waals surface area contributed by atoms with E-state index in [1.165, 1.54) is 23.1 Å². The number of benzene rings is 3. The Morgan fingerprint density at radius 1 is 1.00 bits per heavy atom. The maximum absolute atomic E-state index is 13.2. The topological polar surface area (TPSA) is 98.8 Å². The molecule has 4 rings (SSSR count). The van der Waals surface area contributed by atoms with Crippen LogP contribution in [0.2, 0.25) is 0 Å². The van der Waals surface area contributed by atoms with E-state index in [4.69, 9.17) is 14.2 Å². The van der Waals surface area contributed by atoms with Crippen LogP contribution in [0.25, 0.3) is 10.2 Å². The summed E-state index contributed by atoms with van der Waals surface area (Å²) in [6.07, 6.45) is 0. The van der Waals surface area contributed by atoms with Crippen molar-refractivity contribution in [3.05, 3.63) is 71.3 Å². The van der Waals surface area contributed by atoms with Gasteiger partial charge in [0.15, 0.2) is 4.34 Å². The number of anilines is 1. The smallest absolute Gasteiger partial charge is 0.259 e. The molecular formula is C31H35N3O5S2. The number of methoxy groups -OCH3 is 2. The molecule has 0 saturated heterocycles. The maximum atomic E-state index is 13.2. The van der Waals surface area contributed by atoms with E-state index in [9.17, 15) is 9.59 Å². The molecule has 0 saturated carbocycles. The minimum atomic E-state index is -0.276. The van der Waals surface area contributed by atoms with E-state index in [0.717, 1.165) is 31.4 Å². The van der Waals surface area contributed by atoms with Crippen LogP contribution in [-0.2, 0) is 4.79 Å². The highest BCUT2D eigenvalue weighted by atomic mass is 32.2. The highest BCUT2D eigenvalue weighted by molar-refractivity contribution is 8.01. The molecule has 8 nitrogen and oxygen atoms in total. The number of nitrogens with zero attached hydrogens (tertiary/aromatic N) is 1. The summed E-state index contributed by atoms with van der Waals surface area (Å²) in [5.41, 5.74) is 3.67. The number of carbonyl (C=O) groups excluding carboxylic acids is 2. The van der Waals surface area contributed by atoms with E-state index >= 15 is 0 Å². The van der Waals surface area contributed by atoms with Crippen molar-refractivity contribution in [3.8, 4) is 17.2 Å². The molecular weight excluding hydrogens is 558 g/mol. The van der Waals surface area contributed by atoms with Crippen LogP contribution in [0.4, 0.5) is 5.69 Å². The number of nitrogens with one attached hydrogen (secondary N) is 2. The highest BCUT2D eigenvalue weighted by Crippen LogP contribution is 2.34. The second kappa shape index (κ2) is 13.7. The second-order valence-electron chi connectivity index (χ2n) is 9.94. The van der Waals surface area contributed by atoms with Gasteiger partial charge in [-0.15, -0.1) is 11.3 Å². The van der Waals surface area contributed by atoms with Crippen molar-refractivity contribution in [3.63, 3.8) is 0 Å². The SMILES string of the molecule is COc1ccc(C(C)NC(=O)CSc2nc3ccc(NC(=O)c4ccc(OCC(C)C)c(C)c4OC)cc3s2)cc1. The van der Waals surface area contributed by atoms with Gasteiger partial charge >= 0.3 is 0 Å². The van der Waals surface area contributed by atoms with E-state index < -0.39 is 0 Å². The summed E-state index contributed by atoms with van der Waals surface area (Å²) >= 11 is 2.87. The third-order valence-electron chi connectivity index (χ3n) is 6.32. The Morgan fingerprint density at radius 2 is 1.76 bits per heavy atom. The molecule has 0 aliphatic rings. The van der Waals surface area contributed by atoms with Crippen LogP contribution in [0, 0.1) is 12.8 Å². The maximum Gasteiger partial charge on any atom is 0.259 e. The van der Waals surface area contributed by atoms with Gasteiger partial charge in [-0.3, -0.25) is 9.59 Å². The first-order chi connectivity index (χ1) is 19.7. The zero-order valence-electron chi connectivity index (χ0n) is 24.1. The molecule has 2 N–H and O–H groups in total. The van der Waals surface area contributed by atoms with Crippen LogP contribution in [-0.4, -0.2) is 43.4 Å². The molecule has 4 aromatic rings. The first kappa shape index (κ1) is 30.2. The molecule has 1 heterocycles. The van der Waals surface area contributed by atoms with Gasteiger partial charge in [0.25, 0.3) is 5.91 Å². The Balaban J connectivity index is 1.37. The van der Waals surface area contributed by atoms with Crippen LogP contribution in [0.5, 0.6) is 17.2 Å². The lowest BCUT2D eigenvalue weighted by molar-refractivity contribution is -0.119. The number of hydrogen-bond donors (Lipinski definition) is 2. The quantitative estimate of drug-likeness (QED) is 0.173. The van der Waals surface area contributed by atoms with Crippen LogP contribution >= 0.6 is 23.1 Å². The minimum Gasteiger partial charge on any atom is -0.497 e. The van der Waals surface area contributed by atoms with Crippen molar-refractivity contribution in [2.75, 3.05) is 31.9 Å². The van der Waals surface area contributed by atoms with Gasteiger partial charge in [-0.1, -0.05) is 37.7 Å². The molecule has 41 heavy (non-hydrogen) atoms. The van der Waals surface area contributed by atoms with E-state index in [-0.39, 0.29) is 23.6 Å². The molecule has 0 aliphatic heterocycles. The second-order valence-corrected chi connectivity index (χ2v) is 12.2. The van der Waals surface area contributed by atoms with Crippen molar-refractivity contribution in [1.82, 2.24) is 10.3 Å². The van der Waals surface area contributed by atoms with Crippen LogP contribution < -0.4 is 24.8 Å². The average molecular weight is 594 g/mol. The van der Waals surface area contributed by atoms with Gasteiger partial charge in [-0.2, -0.15) is 0 Å². The van der Waals surface area contributed by atoms with Crippen LogP contribution in [0.3, 0.4) is 0 Å². The van der Waals surface area contributed by atoms with Gasteiger partial charge in [0, 0.05) is 11.3 Å². The van der Waals surface area contributed by atoms with Crippen LogP contribution in [0.15, 0.2) is 58.9 Å². The Hall–Kier alpha value is -3.76. The van der Waals surface area contributed by atoms with E-state index in [1.54, 1.807) is 26.4 Å². The van der Waals surface area contributed by atoms with Gasteiger partial charge in [-0.25, -0.2) is 4.98 Å². The molecule has 0 radical (unpaired) electrons. The predicted octanol–water partition coefficient (Wildman–Crippen LogP) is 6.88. The fraction of sp³-hybridized carbons (Fsp3) is 0.323. The molecule has 1 atom stereocenters. The molecule has 1 unspecified atom stereocenters. The van der Waals surface area contributed by atoms with Crippen molar-refractivity contribution < 1.29 is 23.8 Å². The molecule has 1 aromatic heterocycles. The number of ether oxygens (including phenoxy) is 3. The molecule has 216 valence electrons. The fourth-order valence-electron chi connectivity index (χ4n) is 4.16. The standard InChI is InChI=1S/C31H35N3O5S2/c1-18(2)16-39-26-14-12-24(29(38-6)19(26)3)30(36)33-22-9-13-25-27(15-22)41-31(34-25)40-17-28(35)32-20(4)21-7-10-23(37-5)11-8-21/h7-15,18,20H,16-17H2,1-6H3,(H,32,35)(H,33,36). The van der Waals surface area contributed by atoms with E-state index in [2.05, 4.69) is 29.5 Å².